The summed E-state index contributed by atoms with van der Waals surface area (Å²) in [6.07, 6.45) is 1.62. The molecule has 0 saturated heterocycles. The number of thiocarbonyl (C=S) groups is 1. The van der Waals surface area contributed by atoms with E-state index in [1.54, 1.807) is 61.9 Å². The molecule has 7 heteroatoms. The van der Waals surface area contributed by atoms with Gasteiger partial charge in [-0.15, -0.1) is 0 Å². The highest BCUT2D eigenvalue weighted by Gasteiger charge is 2.08. The molecule has 0 aliphatic carbocycles. The summed E-state index contributed by atoms with van der Waals surface area (Å²) in [6.45, 7) is 2.68. The zero-order valence-electron chi connectivity index (χ0n) is 14.0. The largest absolute Gasteiger partial charge is 0.497 e. The van der Waals surface area contributed by atoms with E-state index >= 15 is 0 Å². The predicted octanol–water partition coefficient (Wildman–Crippen LogP) is 2.73. The minimum Gasteiger partial charge on any atom is -0.497 e. The molecule has 0 saturated carbocycles. The molecule has 0 aliphatic rings. The highest BCUT2D eigenvalue weighted by molar-refractivity contribution is 7.80. The molecule has 0 atom stereocenters. The van der Waals surface area contributed by atoms with E-state index in [1.165, 1.54) is 0 Å². The Morgan fingerprint density at radius 1 is 1.12 bits per heavy atom. The van der Waals surface area contributed by atoms with Gasteiger partial charge in [0.25, 0.3) is 0 Å². The smallest absolute Gasteiger partial charge is 0.343 e. The van der Waals surface area contributed by atoms with Gasteiger partial charge in [0.15, 0.2) is 5.11 Å². The summed E-state index contributed by atoms with van der Waals surface area (Å²) in [5.74, 6) is 0.707. The Morgan fingerprint density at radius 2 is 1.76 bits per heavy atom. The zero-order chi connectivity index (χ0) is 18.1. The van der Waals surface area contributed by atoms with Gasteiger partial charge in [0.05, 0.1) is 18.9 Å². The summed E-state index contributed by atoms with van der Waals surface area (Å²) in [6, 6.07) is 13.7. The summed E-state index contributed by atoms with van der Waals surface area (Å²) in [5, 5.41) is 7.40. The molecule has 6 nitrogen and oxygen atoms in total. The van der Waals surface area contributed by atoms with Crippen LogP contribution < -0.4 is 20.2 Å². The van der Waals surface area contributed by atoms with Crippen molar-refractivity contribution in [2.24, 2.45) is 5.10 Å². The van der Waals surface area contributed by atoms with Gasteiger partial charge in [-0.3, -0.25) is 5.43 Å². The third kappa shape index (κ3) is 5.89. The van der Waals surface area contributed by atoms with Gasteiger partial charge in [-0.25, -0.2) is 4.79 Å². The van der Waals surface area contributed by atoms with Crippen molar-refractivity contribution < 1.29 is 14.3 Å². The number of ether oxygens (including phenoxy) is 2. The first-order valence-corrected chi connectivity index (χ1v) is 8.06. The molecule has 0 aliphatic heterocycles. The fraction of sp³-hybridized carbons (Fsp3) is 0.167. The van der Waals surface area contributed by atoms with Crippen LogP contribution in [0.25, 0.3) is 0 Å². The zero-order valence-corrected chi connectivity index (χ0v) is 14.8. The normalized spacial score (nSPS) is 10.3. The highest BCUT2D eigenvalue weighted by atomic mass is 32.1. The highest BCUT2D eigenvalue weighted by Crippen LogP contribution is 2.16. The number of hydrogen-bond donors (Lipinski definition) is 2. The van der Waals surface area contributed by atoms with E-state index in [2.05, 4.69) is 15.8 Å². The average Bonchev–Trinajstić information content (AvgIpc) is 2.63. The second-order valence-corrected chi connectivity index (χ2v) is 5.32. The van der Waals surface area contributed by atoms with Gasteiger partial charge in [-0.05, 0) is 73.2 Å². The second kappa shape index (κ2) is 9.39. The maximum Gasteiger partial charge on any atom is 0.343 e. The van der Waals surface area contributed by atoms with E-state index in [1.807, 2.05) is 6.92 Å². The number of hydrazone groups is 1. The number of nitrogens with zero attached hydrogens (tertiary/aromatic N) is 1. The van der Waals surface area contributed by atoms with E-state index in [4.69, 9.17) is 21.7 Å². The number of rotatable bonds is 6. The Bertz CT molecular complexity index is 743. The van der Waals surface area contributed by atoms with Crippen molar-refractivity contribution in [1.29, 1.82) is 0 Å². The molecule has 0 heterocycles. The molecule has 2 N–H and O–H groups in total. The summed E-state index contributed by atoms with van der Waals surface area (Å²) in [7, 11) is 1.57. The van der Waals surface area contributed by atoms with Crippen molar-refractivity contribution in [1.82, 2.24) is 10.7 Å². The number of carbonyl (C=O) groups excluding carboxylic acids is 1. The third-order valence-electron chi connectivity index (χ3n) is 3.13. The Kier molecular flexibility index (Phi) is 6.91. The average molecular weight is 357 g/mol. The van der Waals surface area contributed by atoms with Crippen LogP contribution in [0.3, 0.4) is 0 Å². The van der Waals surface area contributed by atoms with Gasteiger partial charge in [0, 0.05) is 6.54 Å². The quantitative estimate of drug-likeness (QED) is 0.272. The Morgan fingerprint density at radius 3 is 2.36 bits per heavy atom. The van der Waals surface area contributed by atoms with Crippen LogP contribution in [0.2, 0.25) is 0 Å². The fourth-order valence-corrected chi connectivity index (χ4v) is 2.08. The standard InChI is InChI=1S/C18H19N3O3S/c1-3-19-18(25)21-20-12-13-4-8-16(9-5-13)24-17(22)14-6-10-15(23-2)11-7-14/h4-12H,3H2,1-2H3,(H2,19,21,25)/b20-12-. The Hall–Kier alpha value is -2.93. The van der Waals surface area contributed by atoms with Gasteiger partial charge >= 0.3 is 5.97 Å². The number of carbonyl (C=O) groups is 1. The van der Waals surface area contributed by atoms with Crippen molar-refractivity contribution in [3.8, 4) is 11.5 Å². The monoisotopic (exact) mass is 357 g/mol. The number of esters is 1. The topological polar surface area (TPSA) is 72.0 Å². The lowest BCUT2D eigenvalue weighted by Crippen LogP contribution is -2.31. The van der Waals surface area contributed by atoms with Crippen LogP contribution in [0, 0.1) is 0 Å². The van der Waals surface area contributed by atoms with E-state index in [0.717, 1.165) is 12.1 Å². The van der Waals surface area contributed by atoms with Gasteiger partial charge in [0.1, 0.15) is 11.5 Å². The van der Waals surface area contributed by atoms with Gasteiger partial charge in [-0.2, -0.15) is 5.10 Å². The fourth-order valence-electron chi connectivity index (χ4n) is 1.88. The minimum atomic E-state index is -0.429. The first-order valence-electron chi connectivity index (χ1n) is 7.65. The molecule has 0 bridgehead atoms. The molecule has 0 spiro atoms. The first-order chi connectivity index (χ1) is 12.1. The molecule has 2 rings (SSSR count). The van der Waals surface area contributed by atoms with E-state index in [9.17, 15) is 4.79 Å². The van der Waals surface area contributed by atoms with Crippen molar-refractivity contribution in [3.63, 3.8) is 0 Å². The molecule has 0 fully saturated rings. The van der Waals surface area contributed by atoms with E-state index in [-0.39, 0.29) is 0 Å². The molecular formula is C18H19N3O3S. The van der Waals surface area contributed by atoms with Crippen LogP contribution in [0.15, 0.2) is 53.6 Å². The van der Waals surface area contributed by atoms with Crippen LogP contribution in [-0.2, 0) is 0 Å². The molecule has 0 aromatic heterocycles. The van der Waals surface area contributed by atoms with E-state index in [0.29, 0.717) is 22.2 Å². The van der Waals surface area contributed by atoms with Gasteiger partial charge in [-0.1, -0.05) is 0 Å². The molecule has 2 aromatic rings. The van der Waals surface area contributed by atoms with Gasteiger partial charge < -0.3 is 14.8 Å². The van der Waals surface area contributed by atoms with Crippen LogP contribution in [-0.4, -0.2) is 31.0 Å². The third-order valence-corrected chi connectivity index (χ3v) is 3.37. The summed E-state index contributed by atoms with van der Waals surface area (Å²) in [4.78, 5) is 12.1. The number of benzene rings is 2. The summed E-state index contributed by atoms with van der Waals surface area (Å²) in [5.41, 5.74) is 4.00. The van der Waals surface area contributed by atoms with Crippen LogP contribution in [0.1, 0.15) is 22.8 Å². The van der Waals surface area contributed by atoms with Crippen molar-refractivity contribution in [2.45, 2.75) is 6.92 Å². The number of methoxy groups -OCH3 is 1. The first kappa shape index (κ1) is 18.4. The lowest BCUT2D eigenvalue weighted by molar-refractivity contribution is 0.0734. The maximum atomic E-state index is 12.1. The number of hydrogen-bond acceptors (Lipinski definition) is 5. The van der Waals surface area contributed by atoms with Gasteiger partial charge in [0.2, 0.25) is 0 Å². The minimum absolute atomic E-state index is 0.429. The van der Waals surface area contributed by atoms with Crippen LogP contribution in [0.5, 0.6) is 11.5 Å². The second-order valence-electron chi connectivity index (χ2n) is 4.92. The maximum absolute atomic E-state index is 12.1. The van der Waals surface area contributed by atoms with Crippen LogP contribution in [0.4, 0.5) is 0 Å². The van der Waals surface area contributed by atoms with Crippen molar-refractivity contribution in [2.75, 3.05) is 13.7 Å². The summed E-state index contributed by atoms with van der Waals surface area (Å²) >= 11 is 5.00. The molecule has 0 radical (unpaired) electrons. The lowest BCUT2D eigenvalue weighted by atomic mass is 10.2. The molecule has 25 heavy (non-hydrogen) atoms. The molecule has 0 unspecified atom stereocenters. The molecule has 0 amide bonds. The lowest BCUT2D eigenvalue weighted by Gasteiger charge is -2.06. The predicted molar refractivity (Wildman–Crippen MR) is 101 cm³/mol. The summed E-state index contributed by atoms with van der Waals surface area (Å²) < 4.78 is 10.4. The molecule has 130 valence electrons. The van der Waals surface area contributed by atoms with E-state index < -0.39 is 5.97 Å². The SMILES string of the molecule is CCNC(=S)N/N=C\c1ccc(OC(=O)c2ccc(OC)cc2)cc1. The number of nitrogens with one attached hydrogen (secondary N) is 2. The molecular weight excluding hydrogens is 338 g/mol. The Balaban J connectivity index is 1.91. The molecule has 2 aromatic carbocycles. The van der Waals surface area contributed by atoms with Crippen LogP contribution >= 0.6 is 12.2 Å². The van der Waals surface area contributed by atoms with Crippen molar-refractivity contribution >= 4 is 29.5 Å². The van der Waals surface area contributed by atoms with Crippen molar-refractivity contribution in [3.05, 3.63) is 59.7 Å². The Labute approximate surface area is 151 Å².